The molecule has 0 bridgehead atoms. The average Bonchev–Trinajstić information content (AvgIpc) is 3.27. The Morgan fingerprint density at radius 2 is 2.04 bits per heavy atom. The number of hydrogen-bond acceptors (Lipinski definition) is 3. The van der Waals surface area contributed by atoms with Crippen molar-refractivity contribution in [1.82, 2.24) is 19.9 Å². The normalized spacial score (nSPS) is 18.5. The molecule has 0 radical (unpaired) electrons. The zero-order valence-corrected chi connectivity index (χ0v) is 13.1. The topological polar surface area (TPSA) is 67.9 Å². The maximum absolute atomic E-state index is 10.4. The molecule has 0 saturated carbocycles. The fourth-order valence-corrected chi connectivity index (χ4v) is 3.62. The van der Waals surface area contributed by atoms with Gasteiger partial charge in [0.2, 0.25) is 0 Å². The van der Waals surface area contributed by atoms with Crippen LogP contribution in [0, 0.1) is 5.92 Å². The Morgan fingerprint density at radius 1 is 1.17 bits per heavy atom. The van der Waals surface area contributed by atoms with E-state index in [0.29, 0.717) is 11.7 Å². The molecule has 120 valence electrons. The van der Waals surface area contributed by atoms with Crippen LogP contribution in [0.15, 0.2) is 42.9 Å². The molecule has 1 aliphatic rings. The quantitative estimate of drug-likeness (QED) is 0.694. The van der Waals surface area contributed by atoms with Gasteiger partial charge in [-0.1, -0.05) is 12.1 Å². The molecule has 0 aliphatic carbocycles. The largest absolute Gasteiger partial charge is 0.385 e. The second-order valence-corrected chi connectivity index (χ2v) is 6.39. The molecule has 3 N–H and O–H groups in total. The Balaban J connectivity index is 1.39. The van der Waals surface area contributed by atoms with Gasteiger partial charge in [-0.15, -0.1) is 0 Å². The van der Waals surface area contributed by atoms with Crippen molar-refractivity contribution in [3.05, 3.63) is 54.2 Å². The van der Waals surface area contributed by atoms with E-state index in [-0.39, 0.29) is 0 Å². The van der Waals surface area contributed by atoms with Crippen molar-refractivity contribution in [3.63, 3.8) is 0 Å². The van der Waals surface area contributed by atoms with E-state index in [4.69, 9.17) is 0 Å². The number of nitrogens with zero attached hydrogens (tertiary/aromatic N) is 2. The van der Waals surface area contributed by atoms with E-state index in [2.05, 4.69) is 44.1 Å². The summed E-state index contributed by atoms with van der Waals surface area (Å²) in [6, 6.07) is 8.59. The lowest BCUT2D eigenvalue weighted by Gasteiger charge is -2.33. The highest BCUT2D eigenvalue weighted by Crippen LogP contribution is 2.30. The van der Waals surface area contributed by atoms with Crippen molar-refractivity contribution in [1.29, 1.82) is 0 Å². The van der Waals surface area contributed by atoms with Crippen molar-refractivity contribution >= 4 is 10.9 Å². The van der Waals surface area contributed by atoms with Crippen LogP contribution in [0.2, 0.25) is 0 Å². The van der Waals surface area contributed by atoms with Crippen LogP contribution in [0.25, 0.3) is 10.9 Å². The van der Waals surface area contributed by atoms with E-state index in [1.807, 2.05) is 6.20 Å². The molecular formula is C18H22N4O. The Kier molecular flexibility index (Phi) is 3.89. The zero-order chi connectivity index (χ0) is 15.6. The molecule has 5 heteroatoms. The molecule has 23 heavy (non-hydrogen) atoms. The van der Waals surface area contributed by atoms with Crippen LogP contribution in [0.1, 0.15) is 30.3 Å². The molecule has 1 aromatic carbocycles. The van der Waals surface area contributed by atoms with Gasteiger partial charge < -0.3 is 15.1 Å². The minimum Gasteiger partial charge on any atom is -0.385 e. The predicted molar refractivity (Wildman–Crippen MR) is 89.8 cm³/mol. The Labute approximate surface area is 135 Å². The van der Waals surface area contributed by atoms with Gasteiger partial charge in [-0.3, -0.25) is 4.90 Å². The molecule has 1 saturated heterocycles. The number of aliphatic hydroxyl groups excluding tert-OH is 1. The first kappa shape index (κ1) is 14.5. The van der Waals surface area contributed by atoms with Crippen molar-refractivity contribution in [2.75, 3.05) is 13.1 Å². The van der Waals surface area contributed by atoms with E-state index in [1.165, 1.54) is 16.5 Å². The summed E-state index contributed by atoms with van der Waals surface area (Å²) in [5.74, 6) is 0.987. The Hall–Kier alpha value is -2.11. The molecule has 1 atom stereocenters. The third-order valence-electron chi connectivity index (χ3n) is 4.96. The molecular weight excluding hydrogens is 288 g/mol. The van der Waals surface area contributed by atoms with Crippen LogP contribution in [-0.4, -0.2) is 38.0 Å². The zero-order valence-electron chi connectivity index (χ0n) is 13.1. The summed E-state index contributed by atoms with van der Waals surface area (Å²) in [5.41, 5.74) is 2.57. The van der Waals surface area contributed by atoms with E-state index >= 15 is 0 Å². The lowest BCUT2D eigenvalue weighted by Crippen LogP contribution is -2.35. The molecule has 1 aliphatic heterocycles. The summed E-state index contributed by atoms with van der Waals surface area (Å²) >= 11 is 0. The van der Waals surface area contributed by atoms with Crippen LogP contribution in [0.3, 0.4) is 0 Å². The first-order valence-corrected chi connectivity index (χ1v) is 8.26. The second kappa shape index (κ2) is 6.18. The minimum absolute atomic E-state index is 0.292. The van der Waals surface area contributed by atoms with Crippen LogP contribution in [0.5, 0.6) is 0 Å². The second-order valence-electron chi connectivity index (χ2n) is 6.39. The number of nitrogens with one attached hydrogen (secondary N) is 2. The number of aromatic amines is 2. The van der Waals surface area contributed by atoms with Crippen molar-refractivity contribution in [3.8, 4) is 0 Å². The number of likely N-dealkylation sites (tertiary alicyclic amines) is 1. The summed E-state index contributed by atoms with van der Waals surface area (Å²) in [6.45, 7) is 3.01. The van der Waals surface area contributed by atoms with E-state index in [0.717, 1.165) is 32.5 Å². The number of hydrogen-bond donors (Lipinski definition) is 3. The molecule has 4 rings (SSSR count). The summed E-state index contributed by atoms with van der Waals surface area (Å²) in [7, 11) is 0. The maximum atomic E-state index is 10.4. The number of benzene rings is 1. The summed E-state index contributed by atoms with van der Waals surface area (Å²) < 4.78 is 0. The molecule has 3 heterocycles. The van der Waals surface area contributed by atoms with Crippen molar-refractivity contribution in [2.45, 2.75) is 25.5 Å². The average molecular weight is 310 g/mol. The number of H-pyrrole nitrogens is 2. The maximum Gasteiger partial charge on any atom is 0.135 e. The van der Waals surface area contributed by atoms with Crippen LogP contribution in [-0.2, 0) is 6.54 Å². The van der Waals surface area contributed by atoms with Gasteiger partial charge in [0.15, 0.2) is 0 Å². The standard InChI is InChI=1S/C18H22N4O/c23-17(18-20-8-9-21-18)13-5-10-22(11-6-13)12-14-2-1-3-16-15(14)4-7-19-16/h1-4,7-9,13,17,19,23H,5-6,10-12H2,(H,20,21). The Bertz CT molecular complexity index is 756. The van der Waals surface area contributed by atoms with E-state index in [9.17, 15) is 5.11 Å². The van der Waals surface area contributed by atoms with Gasteiger partial charge in [-0.2, -0.15) is 0 Å². The summed E-state index contributed by atoms with van der Waals surface area (Å²) in [6.07, 6.45) is 7.01. The lowest BCUT2D eigenvalue weighted by molar-refractivity contribution is 0.0516. The van der Waals surface area contributed by atoms with Crippen molar-refractivity contribution < 1.29 is 5.11 Å². The molecule has 0 amide bonds. The molecule has 1 unspecified atom stereocenters. The van der Waals surface area contributed by atoms with Gasteiger partial charge in [0.05, 0.1) is 0 Å². The highest BCUT2D eigenvalue weighted by Gasteiger charge is 2.27. The SMILES string of the molecule is OC(c1ncc[nH]1)C1CCN(Cc2cccc3[nH]ccc23)CC1. The first-order chi connectivity index (χ1) is 11.3. The highest BCUT2D eigenvalue weighted by molar-refractivity contribution is 5.82. The lowest BCUT2D eigenvalue weighted by atomic mass is 9.90. The van der Waals surface area contributed by atoms with Gasteiger partial charge in [0.1, 0.15) is 11.9 Å². The minimum atomic E-state index is -0.472. The number of piperidine rings is 1. The smallest absolute Gasteiger partial charge is 0.135 e. The number of imidazole rings is 1. The van der Waals surface area contributed by atoms with E-state index < -0.39 is 6.10 Å². The monoisotopic (exact) mass is 310 g/mol. The van der Waals surface area contributed by atoms with Gasteiger partial charge in [-0.05, 0) is 49.5 Å². The van der Waals surface area contributed by atoms with Crippen LogP contribution >= 0.6 is 0 Å². The third-order valence-corrected chi connectivity index (χ3v) is 4.96. The molecule has 2 aromatic heterocycles. The fourth-order valence-electron chi connectivity index (χ4n) is 3.62. The molecule has 3 aromatic rings. The van der Waals surface area contributed by atoms with Crippen LogP contribution in [0.4, 0.5) is 0 Å². The number of aliphatic hydroxyl groups is 1. The number of fused-ring (bicyclic) bond motifs is 1. The molecule has 0 spiro atoms. The number of rotatable bonds is 4. The predicted octanol–water partition coefficient (Wildman–Crippen LogP) is 2.84. The first-order valence-electron chi connectivity index (χ1n) is 8.26. The van der Waals surface area contributed by atoms with Gasteiger partial charge in [0.25, 0.3) is 0 Å². The summed E-state index contributed by atoms with van der Waals surface area (Å²) in [4.78, 5) is 13.0. The third kappa shape index (κ3) is 2.90. The summed E-state index contributed by atoms with van der Waals surface area (Å²) in [5, 5.41) is 11.7. The highest BCUT2D eigenvalue weighted by atomic mass is 16.3. The van der Waals surface area contributed by atoms with Gasteiger partial charge in [0, 0.05) is 36.0 Å². The van der Waals surface area contributed by atoms with Crippen molar-refractivity contribution in [2.24, 2.45) is 5.92 Å². The van der Waals surface area contributed by atoms with Crippen LogP contribution < -0.4 is 0 Å². The van der Waals surface area contributed by atoms with Gasteiger partial charge >= 0.3 is 0 Å². The molecule has 5 nitrogen and oxygen atoms in total. The Morgan fingerprint density at radius 3 is 2.83 bits per heavy atom. The van der Waals surface area contributed by atoms with E-state index in [1.54, 1.807) is 12.4 Å². The molecule has 1 fully saturated rings. The fraction of sp³-hybridized carbons (Fsp3) is 0.389. The number of aromatic nitrogens is 3. The van der Waals surface area contributed by atoms with Gasteiger partial charge in [-0.25, -0.2) is 4.98 Å².